The van der Waals surface area contributed by atoms with Gasteiger partial charge in [-0.25, -0.2) is 0 Å². The van der Waals surface area contributed by atoms with E-state index in [1.54, 1.807) is 20.3 Å². The van der Waals surface area contributed by atoms with Gasteiger partial charge in [0, 0.05) is 28.1 Å². The van der Waals surface area contributed by atoms with Crippen molar-refractivity contribution in [1.29, 1.82) is 0 Å². The molecule has 0 saturated heterocycles. The topological polar surface area (TPSA) is 47.6 Å². The molecule has 2 rings (SSSR count). The highest BCUT2D eigenvalue weighted by molar-refractivity contribution is 6.30. The Kier molecular flexibility index (Phi) is 5.96. The average molecular weight is 362 g/mol. The summed E-state index contributed by atoms with van der Waals surface area (Å²) in [6.45, 7) is 5.63. The Hall–Kier alpha value is -2.20. The quantitative estimate of drug-likeness (QED) is 0.821. The lowest BCUT2D eigenvalue weighted by Gasteiger charge is -2.20. The van der Waals surface area contributed by atoms with Gasteiger partial charge in [-0.15, -0.1) is 0 Å². The molecule has 0 saturated carbocycles. The Morgan fingerprint density at radius 3 is 2.40 bits per heavy atom. The molecule has 0 bridgehead atoms. The van der Waals surface area contributed by atoms with E-state index in [0.29, 0.717) is 22.9 Å². The molecule has 0 aliphatic carbocycles. The highest BCUT2D eigenvalue weighted by Gasteiger charge is 2.22. The highest BCUT2D eigenvalue weighted by atomic mass is 35.5. The Bertz CT molecular complexity index is 766. The number of nitrogens with one attached hydrogen (secondary N) is 1. The van der Waals surface area contributed by atoms with Gasteiger partial charge in [0.2, 0.25) is 5.91 Å². The summed E-state index contributed by atoms with van der Waals surface area (Å²) in [6, 6.07) is 11.2. The first-order chi connectivity index (χ1) is 11.8. The molecular formula is C20H24ClNO3. The number of methoxy groups -OCH3 is 2. The van der Waals surface area contributed by atoms with E-state index in [4.69, 9.17) is 21.1 Å². The van der Waals surface area contributed by atoms with Gasteiger partial charge in [0.25, 0.3) is 0 Å². The number of amides is 1. The van der Waals surface area contributed by atoms with E-state index < -0.39 is 5.41 Å². The number of hydrogen-bond acceptors (Lipinski definition) is 3. The van der Waals surface area contributed by atoms with E-state index in [-0.39, 0.29) is 5.91 Å². The van der Waals surface area contributed by atoms with E-state index in [9.17, 15) is 4.79 Å². The van der Waals surface area contributed by atoms with Crippen LogP contribution >= 0.6 is 11.6 Å². The van der Waals surface area contributed by atoms with Gasteiger partial charge in [-0.1, -0.05) is 44.5 Å². The minimum atomic E-state index is -0.482. The summed E-state index contributed by atoms with van der Waals surface area (Å²) in [5.41, 5.74) is 2.13. The van der Waals surface area contributed by atoms with Crippen molar-refractivity contribution in [2.75, 3.05) is 19.5 Å². The smallest absolute Gasteiger partial charge is 0.229 e. The maximum absolute atomic E-state index is 12.4. The second-order valence-corrected chi connectivity index (χ2v) is 7.27. The van der Waals surface area contributed by atoms with Crippen LogP contribution in [0.1, 0.15) is 31.9 Å². The fourth-order valence-electron chi connectivity index (χ4n) is 2.44. The van der Waals surface area contributed by atoms with Crippen LogP contribution < -0.4 is 14.8 Å². The van der Waals surface area contributed by atoms with Crippen LogP contribution in [0.5, 0.6) is 11.5 Å². The molecule has 1 amide bonds. The second kappa shape index (κ2) is 7.79. The normalized spacial score (nSPS) is 11.1. The van der Waals surface area contributed by atoms with E-state index in [0.717, 1.165) is 16.8 Å². The molecule has 5 heteroatoms. The summed E-state index contributed by atoms with van der Waals surface area (Å²) in [5, 5.41) is 3.61. The molecule has 0 heterocycles. The largest absolute Gasteiger partial charge is 0.493 e. The van der Waals surface area contributed by atoms with E-state index in [1.807, 2.05) is 51.1 Å². The monoisotopic (exact) mass is 361 g/mol. The number of ether oxygens (including phenoxy) is 2. The van der Waals surface area contributed by atoms with Crippen LogP contribution in [0.3, 0.4) is 0 Å². The number of carbonyl (C=O) groups is 1. The lowest BCUT2D eigenvalue weighted by atomic mass is 9.95. The molecular weight excluding hydrogens is 338 g/mol. The van der Waals surface area contributed by atoms with Crippen molar-refractivity contribution in [3.63, 3.8) is 0 Å². The molecule has 0 aliphatic rings. The van der Waals surface area contributed by atoms with Gasteiger partial charge >= 0.3 is 0 Å². The Balaban J connectivity index is 2.40. The van der Waals surface area contributed by atoms with Crippen molar-refractivity contribution in [2.45, 2.75) is 27.2 Å². The first-order valence-corrected chi connectivity index (χ1v) is 8.43. The van der Waals surface area contributed by atoms with Crippen molar-refractivity contribution in [3.8, 4) is 11.5 Å². The van der Waals surface area contributed by atoms with Gasteiger partial charge in [-0.3, -0.25) is 4.79 Å². The molecule has 0 spiro atoms. The molecule has 134 valence electrons. The maximum atomic E-state index is 12.4. The van der Waals surface area contributed by atoms with Crippen LogP contribution in [-0.4, -0.2) is 20.1 Å². The molecule has 1 N–H and O–H groups in total. The van der Waals surface area contributed by atoms with E-state index in [1.165, 1.54) is 0 Å². The number of anilines is 1. The van der Waals surface area contributed by atoms with Crippen LogP contribution in [0.2, 0.25) is 5.02 Å². The van der Waals surface area contributed by atoms with Gasteiger partial charge in [-0.05, 0) is 29.8 Å². The molecule has 4 nitrogen and oxygen atoms in total. The third-order valence-corrected chi connectivity index (χ3v) is 4.10. The van der Waals surface area contributed by atoms with Gasteiger partial charge in [0.15, 0.2) is 11.5 Å². The maximum Gasteiger partial charge on any atom is 0.229 e. The van der Waals surface area contributed by atoms with Gasteiger partial charge in [0.1, 0.15) is 0 Å². The van der Waals surface area contributed by atoms with Crippen LogP contribution in [0.15, 0.2) is 36.4 Å². The minimum Gasteiger partial charge on any atom is -0.493 e. The first-order valence-electron chi connectivity index (χ1n) is 8.06. The van der Waals surface area contributed by atoms with Crippen LogP contribution in [0.4, 0.5) is 5.69 Å². The average Bonchev–Trinajstić information content (AvgIpc) is 2.56. The Labute approximate surface area is 154 Å². The number of halogens is 1. The molecule has 0 aliphatic heterocycles. The summed E-state index contributed by atoms with van der Waals surface area (Å²) in [6.07, 6.45) is 0.556. The minimum absolute atomic E-state index is 0.0475. The van der Waals surface area contributed by atoms with Crippen molar-refractivity contribution in [1.82, 2.24) is 0 Å². The molecule has 25 heavy (non-hydrogen) atoms. The number of rotatable bonds is 5. The van der Waals surface area contributed by atoms with Gasteiger partial charge in [-0.2, -0.15) is 0 Å². The standard InChI is InChI=1S/C20H24ClNO3/c1-20(2,3)19(23)22-16-10-9-15(21)12-14(16)11-13-7-6-8-17(24-4)18(13)25-5/h6-10,12H,11H2,1-5H3,(H,22,23). The lowest BCUT2D eigenvalue weighted by molar-refractivity contribution is -0.123. The predicted molar refractivity (Wildman–Crippen MR) is 102 cm³/mol. The number of carbonyl (C=O) groups excluding carboxylic acids is 1. The summed E-state index contributed by atoms with van der Waals surface area (Å²) in [4.78, 5) is 12.4. The fraction of sp³-hybridized carbons (Fsp3) is 0.350. The Morgan fingerprint density at radius 2 is 1.80 bits per heavy atom. The van der Waals surface area contributed by atoms with Crippen molar-refractivity contribution >= 4 is 23.2 Å². The SMILES string of the molecule is COc1cccc(Cc2cc(Cl)ccc2NC(=O)C(C)(C)C)c1OC. The molecule has 0 atom stereocenters. The van der Waals surface area contributed by atoms with E-state index in [2.05, 4.69) is 5.32 Å². The first kappa shape index (κ1) is 19.1. The molecule has 2 aromatic rings. The summed E-state index contributed by atoms with van der Waals surface area (Å²) >= 11 is 6.17. The zero-order valence-corrected chi connectivity index (χ0v) is 16.0. The van der Waals surface area contributed by atoms with Crippen LogP contribution in [-0.2, 0) is 11.2 Å². The molecule has 2 aromatic carbocycles. The molecule has 0 radical (unpaired) electrons. The third kappa shape index (κ3) is 4.67. The number of para-hydroxylation sites is 1. The zero-order chi connectivity index (χ0) is 18.6. The Morgan fingerprint density at radius 1 is 1.08 bits per heavy atom. The van der Waals surface area contributed by atoms with Crippen molar-refractivity contribution < 1.29 is 14.3 Å². The number of benzene rings is 2. The zero-order valence-electron chi connectivity index (χ0n) is 15.3. The van der Waals surface area contributed by atoms with E-state index >= 15 is 0 Å². The summed E-state index contributed by atoms with van der Waals surface area (Å²) in [5.74, 6) is 1.30. The second-order valence-electron chi connectivity index (χ2n) is 6.84. The fourth-order valence-corrected chi connectivity index (χ4v) is 2.63. The van der Waals surface area contributed by atoms with Crippen molar-refractivity contribution in [3.05, 3.63) is 52.5 Å². The predicted octanol–water partition coefficient (Wildman–Crippen LogP) is 4.93. The highest BCUT2D eigenvalue weighted by Crippen LogP contribution is 2.34. The summed E-state index contributed by atoms with van der Waals surface area (Å²) in [7, 11) is 3.22. The van der Waals surface area contributed by atoms with Crippen LogP contribution in [0, 0.1) is 5.41 Å². The summed E-state index contributed by atoms with van der Waals surface area (Å²) < 4.78 is 10.9. The van der Waals surface area contributed by atoms with Gasteiger partial charge < -0.3 is 14.8 Å². The number of hydrogen-bond donors (Lipinski definition) is 1. The van der Waals surface area contributed by atoms with Crippen molar-refractivity contribution in [2.24, 2.45) is 5.41 Å². The molecule has 0 aromatic heterocycles. The lowest BCUT2D eigenvalue weighted by Crippen LogP contribution is -2.28. The molecule has 0 unspecified atom stereocenters. The van der Waals surface area contributed by atoms with Crippen LogP contribution in [0.25, 0.3) is 0 Å². The molecule has 0 fully saturated rings. The third-order valence-electron chi connectivity index (χ3n) is 3.86. The van der Waals surface area contributed by atoms with Gasteiger partial charge in [0.05, 0.1) is 14.2 Å².